The van der Waals surface area contributed by atoms with Gasteiger partial charge in [-0.2, -0.15) is 9.97 Å². The van der Waals surface area contributed by atoms with Gasteiger partial charge in [0.1, 0.15) is 17.7 Å². The normalized spacial score (nSPS) is 21.9. The van der Waals surface area contributed by atoms with Gasteiger partial charge in [0.2, 0.25) is 33.7 Å². The van der Waals surface area contributed by atoms with E-state index in [0.29, 0.717) is 18.9 Å². The predicted octanol–water partition coefficient (Wildman–Crippen LogP) is 0.237. The number of β-amino-alcohol motifs (C(OH)–C–C–N with tert-alkyl or cyclic N) is 1. The second-order valence-corrected chi connectivity index (χ2v) is 10.7. The minimum absolute atomic E-state index is 0.0498. The van der Waals surface area contributed by atoms with Gasteiger partial charge in [-0.25, -0.2) is 22.8 Å². The van der Waals surface area contributed by atoms with Gasteiger partial charge in [-0.05, 0) is 19.3 Å². The lowest BCUT2D eigenvalue weighted by Crippen LogP contribution is -2.50. The topological polar surface area (TPSA) is 180 Å². The summed E-state index contributed by atoms with van der Waals surface area (Å²) < 4.78 is 61.0. The highest BCUT2D eigenvalue weighted by atomic mass is 32.2. The first-order valence-electron chi connectivity index (χ1n) is 11.7. The van der Waals surface area contributed by atoms with E-state index in [9.17, 15) is 17.9 Å². The van der Waals surface area contributed by atoms with E-state index >= 15 is 0 Å². The van der Waals surface area contributed by atoms with Crippen LogP contribution >= 0.6 is 0 Å². The summed E-state index contributed by atoms with van der Waals surface area (Å²) in [5.74, 6) is -0.171. The Morgan fingerprint density at radius 1 is 1.11 bits per heavy atom. The smallest absolute Gasteiger partial charge is 0.245 e. The van der Waals surface area contributed by atoms with Gasteiger partial charge in [-0.1, -0.05) is 0 Å². The molecule has 0 amide bonds. The van der Waals surface area contributed by atoms with Gasteiger partial charge in [0, 0.05) is 19.7 Å². The Bertz CT molecular complexity index is 1360. The van der Waals surface area contributed by atoms with E-state index in [1.165, 1.54) is 30.0 Å². The van der Waals surface area contributed by atoms with Crippen LogP contribution in [-0.2, 0) is 14.8 Å². The molecule has 2 fully saturated rings. The van der Waals surface area contributed by atoms with Crippen molar-refractivity contribution in [2.75, 3.05) is 43.5 Å². The summed E-state index contributed by atoms with van der Waals surface area (Å²) in [5.41, 5.74) is 0.190. The monoisotopic (exact) mass is 551 g/mol. The zero-order valence-electron chi connectivity index (χ0n) is 20.6. The Kier molecular flexibility index (Phi) is 7.22. The van der Waals surface area contributed by atoms with Crippen molar-refractivity contribution in [3.05, 3.63) is 30.4 Å². The van der Waals surface area contributed by atoms with Crippen LogP contribution in [0.3, 0.4) is 0 Å². The molecular weight excluding hydrogens is 525 g/mol. The molecule has 2 aliphatic heterocycles. The highest BCUT2D eigenvalue weighted by Crippen LogP contribution is 2.37. The fourth-order valence-electron chi connectivity index (χ4n) is 4.50. The standard InChI is InChI=1S/C21H26FN9O6S/c1-35-18-16(19(36-2)26-11-25-18)31-17(15-4-3-5-37-15)27-28-21(31)29-38(33,34)14-6-13(32)9-30(10-14)20-23-7-12(22)8-24-20/h7-8,11,13-15,32H,3-6,9-10H2,1-2H3,(H,28,29)/t13-,14-,15+/m1/s1. The van der Waals surface area contributed by atoms with Gasteiger partial charge in [0.25, 0.3) is 0 Å². The zero-order chi connectivity index (χ0) is 26.9. The van der Waals surface area contributed by atoms with Crippen LogP contribution in [0.2, 0.25) is 0 Å². The van der Waals surface area contributed by atoms with Crippen LogP contribution in [0.1, 0.15) is 31.2 Å². The van der Waals surface area contributed by atoms with Gasteiger partial charge in [0.15, 0.2) is 17.3 Å². The van der Waals surface area contributed by atoms with Gasteiger partial charge in [-0.15, -0.1) is 10.2 Å². The number of aliphatic hydroxyl groups excluding tert-OH is 1. The van der Waals surface area contributed by atoms with Crippen LogP contribution in [0.15, 0.2) is 18.7 Å². The summed E-state index contributed by atoms with van der Waals surface area (Å²) in [6.07, 6.45) is 3.12. The molecule has 17 heteroatoms. The molecular formula is C21H26FN9O6S. The number of nitrogens with zero attached hydrogens (tertiary/aromatic N) is 8. The number of ether oxygens (including phenoxy) is 3. The number of methoxy groups -OCH3 is 2. The molecule has 0 spiro atoms. The van der Waals surface area contributed by atoms with Crippen LogP contribution in [0.4, 0.5) is 16.3 Å². The van der Waals surface area contributed by atoms with E-state index in [1.807, 2.05) is 0 Å². The summed E-state index contributed by atoms with van der Waals surface area (Å²) in [6.45, 7) is 0.554. The van der Waals surface area contributed by atoms with E-state index in [2.05, 4.69) is 34.9 Å². The first-order valence-corrected chi connectivity index (χ1v) is 13.3. The zero-order valence-corrected chi connectivity index (χ0v) is 21.4. The highest BCUT2D eigenvalue weighted by molar-refractivity contribution is 7.93. The van der Waals surface area contributed by atoms with Crippen molar-refractivity contribution >= 4 is 21.9 Å². The molecule has 2 aliphatic rings. The molecule has 3 aromatic rings. The molecule has 0 unspecified atom stereocenters. The number of hydrogen-bond acceptors (Lipinski definition) is 13. The maximum absolute atomic E-state index is 13.6. The minimum Gasteiger partial charge on any atom is -0.479 e. The Labute approximate surface area is 217 Å². The number of aliphatic hydroxyl groups is 1. The van der Waals surface area contributed by atoms with Crippen LogP contribution < -0.4 is 19.1 Å². The Morgan fingerprint density at radius 3 is 2.45 bits per heavy atom. The summed E-state index contributed by atoms with van der Waals surface area (Å²) in [6, 6.07) is 0. The van der Waals surface area contributed by atoms with E-state index in [4.69, 9.17) is 14.2 Å². The number of nitrogens with one attached hydrogen (secondary N) is 1. The minimum atomic E-state index is -4.17. The molecule has 204 valence electrons. The van der Waals surface area contributed by atoms with Crippen molar-refractivity contribution in [2.24, 2.45) is 0 Å². The van der Waals surface area contributed by atoms with E-state index in [1.54, 1.807) is 0 Å². The Morgan fingerprint density at radius 2 is 1.82 bits per heavy atom. The van der Waals surface area contributed by atoms with Crippen LogP contribution in [0, 0.1) is 5.82 Å². The van der Waals surface area contributed by atoms with Gasteiger partial charge in [0.05, 0.1) is 32.7 Å². The third-order valence-corrected chi connectivity index (χ3v) is 7.91. The molecule has 2 saturated heterocycles. The number of anilines is 2. The van der Waals surface area contributed by atoms with Crippen molar-refractivity contribution in [1.29, 1.82) is 0 Å². The van der Waals surface area contributed by atoms with Crippen LogP contribution in [0.25, 0.3) is 5.69 Å². The van der Waals surface area contributed by atoms with Crippen molar-refractivity contribution in [3.8, 4) is 17.4 Å². The number of halogens is 1. The fraction of sp³-hybridized carbons (Fsp3) is 0.524. The van der Waals surface area contributed by atoms with E-state index < -0.39 is 33.3 Å². The SMILES string of the molecule is COc1ncnc(OC)c1-n1c(NS(=O)(=O)[C@@H]2C[C@@H](O)CN(c3ncc(F)cn3)C2)nnc1[C@@H]1CCCO1. The quantitative estimate of drug-likeness (QED) is 0.389. The number of piperidine rings is 1. The molecule has 0 aromatic carbocycles. The molecule has 3 atom stereocenters. The molecule has 5 heterocycles. The first-order chi connectivity index (χ1) is 18.3. The number of rotatable bonds is 8. The fourth-order valence-corrected chi connectivity index (χ4v) is 5.91. The molecule has 5 rings (SSSR count). The summed E-state index contributed by atoms with van der Waals surface area (Å²) in [4.78, 5) is 17.6. The predicted molar refractivity (Wildman–Crippen MR) is 129 cm³/mol. The van der Waals surface area contributed by atoms with Crippen LogP contribution in [-0.4, -0.2) is 93.5 Å². The number of hydrogen-bond donors (Lipinski definition) is 2. The Hall–Kier alpha value is -3.70. The second-order valence-electron chi connectivity index (χ2n) is 8.72. The van der Waals surface area contributed by atoms with Gasteiger partial charge < -0.3 is 24.2 Å². The number of aromatic nitrogens is 7. The van der Waals surface area contributed by atoms with Crippen molar-refractivity contribution < 1.29 is 32.1 Å². The van der Waals surface area contributed by atoms with Crippen LogP contribution in [0.5, 0.6) is 11.8 Å². The van der Waals surface area contributed by atoms with Gasteiger partial charge in [-0.3, -0.25) is 9.29 Å². The maximum Gasteiger partial charge on any atom is 0.245 e. The molecule has 0 bridgehead atoms. The molecule has 15 nitrogen and oxygen atoms in total. The molecule has 0 aliphatic carbocycles. The van der Waals surface area contributed by atoms with E-state index in [-0.39, 0.29) is 48.9 Å². The molecule has 3 aromatic heterocycles. The molecule has 0 saturated carbocycles. The average molecular weight is 552 g/mol. The first kappa shape index (κ1) is 25.9. The average Bonchev–Trinajstić information content (AvgIpc) is 3.58. The Balaban J connectivity index is 1.51. The summed E-state index contributed by atoms with van der Waals surface area (Å²) in [7, 11) is -1.36. The van der Waals surface area contributed by atoms with Crippen molar-refractivity contribution in [3.63, 3.8) is 0 Å². The maximum atomic E-state index is 13.6. The molecule has 2 N–H and O–H groups in total. The summed E-state index contributed by atoms with van der Waals surface area (Å²) >= 11 is 0. The van der Waals surface area contributed by atoms with Crippen molar-refractivity contribution in [1.82, 2.24) is 34.7 Å². The summed E-state index contributed by atoms with van der Waals surface area (Å²) in [5, 5.41) is 17.7. The van der Waals surface area contributed by atoms with Gasteiger partial charge >= 0.3 is 0 Å². The highest BCUT2D eigenvalue weighted by Gasteiger charge is 2.38. The second kappa shape index (κ2) is 10.6. The lowest BCUT2D eigenvalue weighted by Gasteiger charge is -2.35. The largest absolute Gasteiger partial charge is 0.479 e. The van der Waals surface area contributed by atoms with Crippen molar-refractivity contribution in [2.45, 2.75) is 36.7 Å². The third kappa shape index (κ3) is 5.03. The van der Waals surface area contributed by atoms with E-state index in [0.717, 1.165) is 18.8 Å². The molecule has 0 radical (unpaired) electrons. The lowest BCUT2D eigenvalue weighted by atomic mass is 10.1. The molecule has 38 heavy (non-hydrogen) atoms. The number of sulfonamides is 1. The third-order valence-electron chi connectivity index (χ3n) is 6.22. The lowest BCUT2D eigenvalue weighted by molar-refractivity contribution is 0.103.